The predicted octanol–water partition coefficient (Wildman–Crippen LogP) is 10.5. The number of amides is 2. The molecule has 13 fully saturated rings. The van der Waals surface area contributed by atoms with E-state index in [1.54, 1.807) is 83.8 Å². The summed E-state index contributed by atoms with van der Waals surface area (Å²) in [7, 11) is 8.23. The third-order valence-electron chi connectivity index (χ3n) is 23.2. The van der Waals surface area contributed by atoms with Gasteiger partial charge in [-0.25, -0.2) is 9.59 Å². The van der Waals surface area contributed by atoms with Crippen molar-refractivity contribution in [1.29, 1.82) is 0 Å². The van der Waals surface area contributed by atoms with Gasteiger partial charge in [-0.2, -0.15) is 0 Å². The monoisotopic (exact) mass is 1880 g/mol. The first kappa shape index (κ1) is 121. The van der Waals surface area contributed by atoms with Gasteiger partial charge in [0.05, 0.1) is 41.2 Å². The Morgan fingerprint density at radius 1 is 0.515 bits per heavy atom. The van der Waals surface area contributed by atoms with Crippen LogP contribution < -0.4 is 71.1 Å². The van der Waals surface area contributed by atoms with Crippen LogP contribution in [0.1, 0.15) is 150 Å². The molecule has 4 bridgehead atoms. The van der Waals surface area contributed by atoms with Gasteiger partial charge in [-0.1, -0.05) is 71.0 Å². The molecule has 3 aliphatic carbocycles. The summed E-state index contributed by atoms with van der Waals surface area (Å²) in [6, 6.07) is 20.4. The second-order valence-electron chi connectivity index (χ2n) is 38.9. The molecular formula is C86H157B12KN4O29. The van der Waals surface area contributed by atoms with Crippen molar-refractivity contribution >= 4 is 131 Å². The fourth-order valence-electron chi connectivity index (χ4n) is 15.7. The summed E-state index contributed by atoms with van der Waals surface area (Å²) >= 11 is 0. The van der Waals surface area contributed by atoms with Crippen LogP contribution in [0.2, 0.25) is 81.9 Å². The van der Waals surface area contributed by atoms with Gasteiger partial charge in [-0.15, -0.1) is 6.82 Å². The summed E-state index contributed by atoms with van der Waals surface area (Å²) < 4.78 is 132. The molecule has 732 valence electrons. The molecule has 2 amide bonds. The van der Waals surface area contributed by atoms with Crippen LogP contribution in [-0.2, 0) is 126 Å². The summed E-state index contributed by atoms with van der Waals surface area (Å²) in [5, 5.41) is 9.41. The molecule has 0 spiro atoms. The minimum atomic E-state index is -1.35. The van der Waals surface area contributed by atoms with Gasteiger partial charge < -0.3 is 137 Å². The third-order valence-corrected chi connectivity index (χ3v) is 23.2. The van der Waals surface area contributed by atoms with Gasteiger partial charge in [0.2, 0.25) is 0 Å². The maximum absolute atomic E-state index is 11.8. The SMILES string of the molecule is CB1Nc2cccc3cccc(c23)N1.CB1OC(C(=O)N(C)C)C(C(=O)N(C)C)O1.CB1OC(C(=O)OC(C)C)C(C(=O)OC(C)C)O1.CB1OC(C)(C)C(C)(C)O1.CB1OC(C)CC(C)(C)O1.CB1OC2[C@H]3CC(C[C@H]2O1)C3(C)C.CB1OCC(C)(C)CO1.CB1OCCCO1.CB1Oc2ccccc2O1.CCOB(C)OCC.COB(C)OC.C[B-]12OCC(C)(CO1)CO2.[K+]. The number of benzene rings is 3. The van der Waals surface area contributed by atoms with Crippen molar-refractivity contribution in [1.82, 2.24) is 9.80 Å². The maximum Gasteiger partial charge on any atom is 1.00 e. The summed E-state index contributed by atoms with van der Waals surface area (Å²) in [5.74, 6) is 1.58. The Morgan fingerprint density at radius 2 is 0.939 bits per heavy atom. The normalized spacial score (nSPS) is 26.4. The summed E-state index contributed by atoms with van der Waals surface area (Å²) in [6.45, 7) is 65.1. The fourth-order valence-corrected chi connectivity index (χ4v) is 15.7. The summed E-state index contributed by atoms with van der Waals surface area (Å²) in [6.07, 6.45) is 1.38. The number of fused-ring (bicyclic) bond motifs is 4. The van der Waals surface area contributed by atoms with E-state index in [0.29, 0.717) is 30.7 Å². The van der Waals surface area contributed by atoms with Crippen molar-refractivity contribution in [2.45, 2.75) is 304 Å². The van der Waals surface area contributed by atoms with E-state index in [1.807, 2.05) is 99.5 Å². The van der Waals surface area contributed by atoms with E-state index >= 15 is 0 Å². The Kier molecular flexibility index (Phi) is 51.5. The smallest absolute Gasteiger partial charge is 0.544 e. The zero-order valence-corrected chi connectivity index (χ0v) is 90.1. The number of ether oxygens (including phenoxy) is 2. The second-order valence-corrected chi connectivity index (χ2v) is 38.9. The van der Waals surface area contributed by atoms with E-state index in [4.69, 9.17) is 107 Å². The van der Waals surface area contributed by atoms with Crippen molar-refractivity contribution in [2.75, 3.05) is 112 Å². The molecule has 12 heterocycles. The number of rotatable bonds is 12. The molecule has 10 saturated heterocycles. The van der Waals surface area contributed by atoms with Crippen molar-refractivity contribution in [2.24, 2.45) is 28.1 Å². The van der Waals surface area contributed by atoms with Gasteiger partial charge in [0.1, 0.15) is 11.5 Å². The zero-order valence-electron chi connectivity index (χ0n) is 87.0. The number of nitrogens with one attached hydrogen (secondary N) is 2. The van der Waals surface area contributed by atoms with Crippen LogP contribution in [0.25, 0.3) is 10.8 Å². The standard InChI is InChI=1S/C11H11BN2.C11H19BO6.C10H17BO2.C9H17BN2O4.C7H7BO2.2C7H15BO2.C6H12BO3.C6H13BO2.C5H13BO2.C4H9BO2.C3H9BO2.K/c1-12-13-9-6-2-4-8-5-3-7-10(14-12)11(8)9;1-6(2)15-10(13)8-9(18-12(5)17-8)11(14)16-7(3)4;1-10(2)6-4-7(10)9-8(5-6)12-11(3)13-9;1-10-15-6(8(13)11(2)3)7(16-10)9(14)12(4)5;1-8-9-6-4-2-3-5-7(6)10-8;1-6-5-7(2,3)10-8(4)9-6;1-6(2)7(3,4)10-8(5)9-6;1-6-3-8-7(2,9-4-6)10-5-6;1-6(2)4-8-7(3)9-5-6;1-4-7-6(3)8-5-2;1-5-6-3-2-4-7-5;1-4(5-2)6-3;/h2-7,13-14H,1H3;6-9H,1-5H3;6-9H,4-5H2,1-3H3;6-7H,1-5H3;2-5H,1H3;6H,5H2,1-4H3;1-5H3;3-5H2,1-2H3;4-5H2,1-3H3;4-5H2,1-3H3;2-4H2,1H3;1-3H3;/q;;;;;;;-1;;;;;+1/t;;6?,7-,8-,9?;;;;;;;;;;/m..1........../s1. The molecule has 0 aromatic heterocycles. The predicted molar refractivity (Wildman–Crippen MR) is 523 cm³/mol. The van der Waals surface area contributed by atoms with Crippen molar-refractivity contribution < 1.29 is 187 Å². The number of para-hydroxylation sites is 2. The molecular weight excluding hydrogens is 1720 g/mol. The van der Waals surface area contributed by atoms with E-state index < -0.39 is 57.3 Å². The molecule has 15 aliphatic rings. The Morgan fingerprint density at radius 3 is 1.28 bits per heavy atom. The number of anilines is 2. The maximum atomic E-state index is 11.8. The average molecular weight is 1880 g/mol. The van der Waals surface area contributed by atoms with Gasteiger partial charge in [0.15, 0.2) is 24.4 Å². The van der Waals surface area contributed by atoms with Crippen LogP contribution in [0.15, 0.2) is 60.7 Å². The van der Waals surface area contributed by atoms with Crippen LogP contribution in [-0.4, -0.2) is 292 Å². The van der Waals surface area contributed by atoms with Crippen LogP contribution in [0.3, 0.4) is 0 Å². The van der Waals surface area contributed by atoms with Crippen molar-refractivity contribution in [3.05, 3.63) is 60.7 Å². The molecule has 2 N–H and O–H groups in total. The fraction of sp³-hybridized carbons (Fsp3) is 0.767. The first-order valence-corrected chi connectivity index (χ1v) is 46.8. The molecule has 18 rings (SSSR count). The van der Waals surface area contributed by atoms with Gasteiger partial charge in [-0.05, 0) is 238 Å². The minimum Gasteiger partial charge on any atom is -0.544 e. The number of hydrogen-bond donors (Lipinski definition) is 2. The number of likely N-dealkylation sites (N-methyl/N-ethyl adjacent to an activating group) is 2. The quantitative estimate of drug-likeness (QED) is 0.126. The first-order valence-electron chi connectivity index (χ1n) is 46.8. The Balaban J connectivity index is 0.000000304. The number of carbonyl (C=O) groups is 4. The molecule has 0 radical (unpaired) electrons. The van der Waals surface area contributed by atoms with Crippen LogP contribution >= 0.6 is 0 Å². The average Bonchev–Trinajstić information content (AvgIpc) is 1.46. The summed E-state index contributed by atoms with van der Waals surface area (Å²) in [5.41, 5.74) is 2.96. The summed E-state index contributed by atoms with van der Waals surface area (Å²) in [4.78, 5) is 49.9. The van der Waals surface area contributed by atoms with Crippen molar-refractivity contribution in [3.63, 3.8) is 0 Å². The molecule has 3 aromatic rings. The first-order chi connectivity index (χ1) is 61.0. The number of esters is 2. The van der Waals surface area contributed by atoms with Crippen LogP contribution in [0.4, 0.5) is 11.4 Å². The minimum absolute atomic E-state index is 0. The molecule has 9 atom stereocenters. The van der Waals surface area contributed by atoms with E-state index in [0.717, 1.165) is 95.6 Å². The van der Waals surface area contributed by atoms with E-state index in [1.165, 1.54) is 44.8 Å². The van der Waals surface area contributed by atoms with E-state index in [9.17, 15) is 19.2 Å². The third kappa shape index (κ3) is 39.9. The molecule has 7 unspecified atom stereocenters. The number of carbonyl (C=O) groups excluding carboxylic acids is 4. The molecule has 3 aromatic carbocycles. The Hall–Kier alpha value is -3.42. The van der Waals surface area contributed by atoms with Gasteiger partial charge in [0.25, 0.3) is 11.8 Å². The Bertz CT molecular complexity index is 3690. The largest absolute Gasteiger partial charge is 1.00 e. The second kappa shape index (κ2) is 56.3. The van der Waals surface area contributed by atoms with Crippen LogP contribution in [0, 0.1) is 28.1 Å². The molecule has 33 nitrogen and oxygen atoms in total. The van der Waals surface area contributed by atoms with E-state index in [2.05, 4.69) is 146 Å². The molecule has 12 aliphatic heterocycles. The van der Waals surface area contributed by atoms with E-state index in [-0.39, 0.29) is 160 Å². The van der Waals surface area contributed by atoms with Crippen molar-refractivity contribution in [3.8, 4) is 11.5 Å². The molecule has 3 saturated carbocycles. The van der Waals surface area contributed by atoms with Gasteiger partial charge >= 0.3 is 148 Å². The number of hydrogen-bond acceptors (Lipinski definition) is 31. The Labute approximate surface area is 837 Å². The van der Waals surface area contributed by atoms with Gasteiger partial charge in [0, 0.05) is 136 Å². The molecule has 132 heavy (non-hydrogen) atoms. The number of nitrogens with zero attached hydrogens (tertiary/aromatic N) is 2. The van der Waals surface area contributed by atoms with Gasteiger partial charge in [-0.3, -0.25) is 9.59 Å². The molecule has 46 heteroatoms. The van der Waals surface area contributed by atoms with Crippen LogP contribution in [0.5, 0.6) is 11.5 Å². The topological polar surface area (TPSA) is 330 Å². The zero-order chi connectivity index (χ0) is 98.5.